The summed E-state index contributed by atoms with van der Waals surface area (Å²) >= 11 is 0. The summed E-state index contributed by atoms with van der Waals surface area (Å²) in [6.07, 6.45) is 0. The zero-order valence-corrected chi connectivity index (χ0v) is 14.5. The largest absolute Gasteiger partial charge is 0.399 e. The number of hydrogen-bond acceptors (Lipinski definition) is 4. The quantitative estimate of drug-likeness (QED) is 0.558. The van der Waals surface area contributed by atoms with E-state index in [2.05, 4.69) is 0 Å². The van der Waals surface area contributed by atoms with Gasteiger partial charge < -0.3 is 22.9 Å². The Morgan fingerprint density at radius 1 is 0.500 bits per heavy atom. The van der Waals surface area contributed by atoms with Crippen molar-refractivity contribution in [3.63, 3.8) is 0 Å². The molecule has 0 heterocycles. The van der Waals surface area contributed by atoms with E-state index in [4.69, 9.17) is 22.9 Å². The molecule has 0 aromatic heterocycles. The van der Waals surface area contributed by atoms with Crippen molar-refractivity contribution < 1.29 is 0 Å². The van der Waals surface area contributed by atoms with Crippen LogP contribution in [-0.2, 0) is 0 Å². The van der Waals surface area contributed by atoms with Crippen LogP contribution in [0.2, 0.25) is 0 Å². The van der Waals surface area contributed by atoms with Crippen LogP contribution in [0.25, 0.3) is 0 Å². The third-order valence-corrected chi connectivity index (χ3v) is 4.40. The predicted octanol–water partition coefficient (Wildman–Crippen LogP) is 3.55. The van der Waals surface area contributed by atoms with Crippen molar-refractivity contribution in [2.75, 3.05) is 22.9 Å². The van der Waals surface area contributed by atoms with Gasteiger partial charge in [0.05, 0.1) is 0 Å². The fraction of sp³-hybridized carbons (Fsp3) is 0.333. The van der Waals surface area contributed by atoms with Gasteiger partial charge in [0.25, 0.3) is 0 Å². The highest BCUT2D eigenvalue weighted by atomic mass is 14.6. The normalized spacial score (nSPS) is 10.1. The molecule has 2 rings (SSSR count). The summed E-state index contributed by atoms with van der Waals surface area (Å²) in [7, 11) is 0. The molecular formula is C18H28N4. The number of hydrogen-bond donors (Lipinski definition) is 4. The molecule has 0 aliphatic heterocycles. The van der Waals surface area contributed by atoms with Crippen LogP contribution in [0.1, 0.15) is 33.4 Å². The molecule has 0 bridgehead atoms. The first kappa shape index (κ1) is 17.7. The zero-order valence-electron chi connectivity index (χ0n) is 14.5. The predicted molar refractivity (Wildman–Crippen MR) is 99.0 cm³/mol. The zero-order chi connectivity index (χ0) is 17.2. The van der Waals surface area contributed by atoms with Crippen LogP contribution in [0.5, 0.6) is 0 Å². The maximum absolute atomic E-state index is 5.90. The molecule has 0 atom stereocenters. The van der Waals surface area contributed by atoms with Gasteiger partial charge in [-0.3, -0.25) is 0 Å². The van der Waals surface area contributed by atoms with Crippen LogP contribution >= 0.6 is 0 Å². The summed E-state index contributed by atoms with van der Waals surface area (Å²) in [5.74, 6) is 0. The second-order valence-corrected chi connectivity index (χ2v) is 5.89. The third kappa shape index (κ3) is 3.45. The molecule has 0 aliphatic carbocycles. The van der Waals surface area contributed by atoms with E-state index in [1.54, 1.807) is 0 Å². The van der Waals surface area contributed by atoms with E-state index >= 15 is 0 Å². The van der Waals surface area contributed by atoms with Crippen molar-refractivity contribution in [1.82, 2.24) is 0 Å². The van der Waals surface area contributed by atoms with Gasteiger partial charge in [-0.15, -0.1) is 0 Å². The number of anilines is 4. The van der Waals surface area contributed by atoms with E-state index in [0.29, 0.717) is 0 Å². The molecule has 0 unspecified atom stereocenters. The van der Waals surface area contributed by atoms with Gasteiger partial charge in [0, 0.05) is 22.7 Å². The molecule has 2 aromatic carbocycles. The van der Waals surface area contributed by atoms with Crippen LogP contribution in [0, 0.1) is 41.5 Å². The minimum Gasteiger partial charge on any atom is -0.399 e. The molecule has 0 fully saturated rings. The Balaban J connectivity index is 0.000000224. The van der Waals surface area contributed by atoms with E-state index in [9.17, 15) is 0 Å². The molecule has 8 N–H and O–H groups in total. The molecule has 0 radical (unpaired) electrons. The van der Waals surface area contributed by atoms with Crippen LogP contribution < -0.4 is 22.9 Å². The minimum atomic E-state index is 0.812. The lowest BCUT2D eigenvalue weighted by atomic mass is 9.97. The van der Waals surface area contributed by atoms with Crippen molar-refractivity contribution in [3.8, 4) is 0 Å². The van der Waals surface area contributed by atoms with Crippen molar-refractivity contribution in [1.29, 1.82) is 0 Å². The average Bonchev–Trinajstić information content (AvgIpc) is 2.48. The Morgan fingerprint density at radius 2 is 0.727 bits per heavy atom. The summed E-state index contributed by atoms with van der Waals surface area (Å²) in [5.41, 5.74) is 33.0. The molecule has 22 heavy (non-hydrogen) atoms. The second-order valence-electron chi connectivity index (χ2n) is 5.89. The number of aryl methyl sites for hydroxylation is 2. The maximum Gasteiger partial charge on any atom is 0.0380 e. The Hall–Kier alpha value is -2.36. The lowest BCUT2D eigenvalue weighted by molar-refractivity contribution is 1.26. The minimum absolute atomic E-state index is 0.812. The fourth-order valence-corrected chi connectivity index (χ4v) is 2.23. The van der Waals surface area contributed by atoms with Gasteiger partial charge in [-0.25, -0.2) is 0 Å². The molecule has 0 aliphatic rings. The van der Waals surface area contributed by atoms with Gasteiger partial charge in [0.15, 0.2) is 0 Å². The standard InChI is InChI=1S/C10H16N2.C8H12N2/c1-5-6(2)10(12)8(4)7(3)9(5)11;1-5-3-8(10)6(2)4-7(5)9/h11-12H2,1-4H3;3-4H,9-10H2,1-2H3. The molecular weight excluding hydrogens is 272 g/mol. The first-order valence-electron chi connectivity index (χ1n) is 7.31. The Morgan fingerprint density at radius 3 is 0.955 bits per heavy atom. The SMILES string of the molecule is Cc1c(C)c(N)c(C)c(C)c1N.Cc1cc(N)c(C)cc1N. The summed E-state index contributed by atoms with van der Waals surface area (Å²) in [6.45, 7) is 11.9. The first-order chi connectivity index (χ1) is 10.1. The van der Waals surface area contributed by atoms with Gasteiger partial charge in [-0.1, -0.05) is 0 Å². The highest BCUT2D eigenvalue weighted by molar-refractivity contribution is 5.69. The molecule has 120 valence electrons. The molecule has 2 aromatic rings. The highest BCUT2D eigenvalue weighted by Gasteiger charge is 2.09. The number of benzene rings is 2. The second kappa shape index (κ2) is 6.60. The number of nitrogens with two attached hydrogens (primary N) is 4. The summed E-state index contributed by atoms with van der Waals surface area (Å²) in [4.78, 5) is 0. The van der Waals surface area contributed by atoms with Gasteiger partial charge in [-0.05, 0) is 87.1 Å². The van der Waals surface area contributed by atoms with Gasteiger partial charge in [-0.2, -0.15) is 0 Å². The Bertz CT molecular complexity index is 548. The summed E-state index contributed by atoms with van der Waals surface area (Å²) < 4.78 is 0. The van der Waals surface area contributed by atoms with E-state index in [1.807, 2.05) is 53.7 Å². The monoisotopic (exact) mass is 300 g/mol. The number of nitrogen functional groups attached to an aromatic ring is 4. The van der Waals surface area contributed by atoms with Crippen molar-refractivity contribution in [3.05, 3.63) is 45.5 Å². The van der Waals surface area contributed by atoms with E-state index in [-0.39, 0.29) is 0 Å². The molecule has 0 amide bonds. The molecule has 0 saturated heterocycles. The van der Waals surface area contributed by atoms with Crippen molar-refractivity contribution >= 4 is 22.7 Å². The highest BCUT2D eigenvalue weighted by Crippen LogP contribution is 2.29. The lowest BCUT2D eigenvalue weighted by Crippen LogP contribution is -2.04. The van der Waals surface area contributed by atoms with Crippen LogP contribution in [0.3, 0.4) is 0 Å². The number of rotatable bonds is 0. The van der Waals surface area contributed by atoms with Crippen molar-refractivity contribution in [2.24, 2.45) is 0 Å². The topological polar surface area (TPSA) is 104 Å². The van der Waals surface area contributed by atoms with Crippen LogP contribution in [0.15, 0.2) is 12.1 Å². The molecule has 0 spiro atoms. The molecule has 4 nitrogen and oxygen atoms in total. The lowest BCUT2D eigenvalue weighted by Gasteiger charge is -2.14. The smallest absolute Gasteiger partial charge is 0.0380 e. The van der Waals surface area contributed by atoms with E-state index in [1.165, 1.54) is 0 Å². The maximum atomic E-state index is 5.90. The van der Waals surface area contributed by atoms with Gasteiger partial charge in [0.1, 0.15) is 0 Å². The van der Waals surface area contributed by atoms with E-state index in [0.717, 1.165) is 56.1 Å². The van der Waals surface area contributed by atoms with Gasteiger partial charge in [0.2, 0.25) is 0 Å². The van der Waals surface area contributed by atoms with Crippen LogP contribution in [0.4, 0.5) is 22.7 Å². The van der Waals surface area contributed by atoms with Crippen LogP contribution in [-0.4, -0.2) is 0 Å². The average molecular weight is 300 g/mol. The molecule has 4 heteroatoms. The Kier molecular flexibility index (Phi) is 5.31. The Labute approximate surface area is 133 Å². The fourth-order valence-electron chi connectivity index (χ4n) is 2.23. The van der Waals surface area contributed by atoms with Crippen molar-refractivity contribution in [2.45, 2.75) is 41.5 Å². The molecule has 0 saturated carbocycles. The summed E-state index contributed by atoms with van der Waals surface area (Å²) in [5, 5.41) is 0. The summed E-state index contributed by atoms with van der Waals surface area (Å²) in [6, 6.07) is 3.79. The van der Waals surface area contributed by atoms with Gasteiger partial charge >= 0.3 is 0 Å². The third-order valence-electron chi connectivity index (χ3n) is 4.40. The van der Waals surface area contributed by atoms with E-state index < -0.39 is 0 Å². The first-order valence-corrected chi connectivity index (χ1v) is 7.31.